The molecule has 1 aromatic heterocycles. The van der Waals surface area contributed by atoms with Crippen molar-refractivity contribution in [2.24, 2.45) is 0 Å². The Kier molecular flexibility index (Phi) is 5.18. The lowest BCUT2D eigenvalue weighted by Gasteiger charge is -2.21. The number of aryl methyl sites for hydroxylation is 1. The standard InChI is InChI=1S/C22H24N2O3/c1-22(2,3)27-21(25)12-19-17-7-5-6-14(17)8-9-18(19)15-10-16(13-23)24-20(11-15)26-4/h8-11H,5-7,12H2,1-4H3. The molecule has 0 atom stereocenters. The highest BCUT2D eigenvalue weighted by atomic mass is 16.6. The van der Waals surface area contributed by atoms with Crippen LogP contribution < -0.4 is 4.74 Å². The second-order valence-corrected chi connectivity index (χ2v) is 7.74. The predicted molar refractivity (Wildman–Crippen MR) is 103 cm³/mol. The molecule has 1 heterocycles. The lowest BCUT2D eigenvalue weighted by Crippen LogP contribution is -2.25. The minimum absolute atomic E-state index is 0.211. The summed E-state index contributed by atoms with van der Waals surface area (Å²) in [6, 6.07) is 9.76. The number of rotatable bonds is 4. The average molecular weight is 364 g/mol. The van der Waals surface area contributed by atoms with Crippen molar-refractivity contribution in [3.8, 4) is 23.1 Å². The number of nitrogens with zero attached hydrogens (tertiary/aromatic N) is 2. The van der Waals surface area contributed by atoms with Gasteiger partial charge in [-0.2, -0.15) is 5.26 Å². The highest BCUT2D eigenvalue weighted by molar-refractivity contribution is 5.80. The van der Waals surface area contributed by atoms with E-state index in [9.17, 15) is 10.1 Å². The fraction of sp³-hybridized carbons (Fsp3) is 0.409. The predicted octanol–water partition coefficient (Wildman–Crippen LogP) is 4.00. The van der Waals surface area contributed by atoms with Gasteiger partial charge in [0.25, 0.3) is 0 Å². The number of hydrogen-bond acceptors (Lipinski definition) is 5. The normalized spacial score (nSPS) is 13.0. The average Bonchev–Trinajstić information content (AvgIpc) is 3.09. The third-order valence-electron chi connectivity index (χ3n) is 4.58. The molecule has 0 N–H and O–H groups in total. The van der Waals surface area contributed by atoms with Gasteiger partial charge in [-0.25, -0.2) is 4.98 Å². The summed E-state index contributed by atoms with van der Waals surface area (Å²) < 4.78 is 10.8. The van der Waals surface area contributed by atoms with Gasteiger partial charge in [0.1, 0.15) is 17.4 Å². The van der Waals surface area contributed by atoms with Gasteiger partial charge in [-0.05, 0) is 73.9 Å². The Morgan fingerprint density at radius 2 is 2.04 bits per heavy atom. The molecule has 5 heteroatoms. The van der Waals surface area contributed by atoms with Crippen LogP contribution in [0.1, 0.15) is 49.6 Å². The van der Waals surface area contributed by atoms with E-state index in [-0.39, 0.29) is 18.1 Å². The first-order chi connectivity index (χ1) is 12.8. The van der Waals surface area contributed by atoms with Crippen LogP contribution in [0.2, 0.25) is 0 Å². The van der Waals surface area contributed by atoms with Crippen molar-refractivity contribution in [2.75, 3.05) is 7.11 Å². The molecule has 1 aromatic carbocycles. The lowest BCUT2D eigenvalue weighted by molar-refractivity contribution is -0.153. The zero-order chi connectivity index (χ0) is 19.6. The number of fused-ring (bicyclic) bond motifs is 1. The maximum absolute atomic E-state index is 12.5. The molecule has 1 aliphatic carbocycles. The summed E-state index contributed by atoms with van der Waals surface area (Å²) in [4.78, 5) is 16.7. The van der Waals surface area contributed by atoms with E-state index >= 15 is 0 Å². The van der Waals surface area contributed by atoms with Gasteiger partial charge in [-0.1, -0.05) is 12.1 Å². The van der Waals surface area contributed by atoms with E-state index in [1.165, 1.54) is 18.2 Å². The summed E-state index contributed by atoms with van der Waals surface area (Å²) in [6.45, 7) is 5.61. The summed E-state index contributed by atoms with van der Waals surface area (Å²) >= 11 is 0. The van der Waals surface area contributed by atoms with Crippen LogP contribution in [0.25, 0.3) is 11.1 Å². The van der Waals surface area contributed by atoms with Crippen molar-refractivity contribution in [3.05, 3.63) is 46.6 Å². The van der Waals surface area contributed by atoms with Crippen LogP contribution in [-0.4, -0.2) is 23.7 Å². The number of aromatic nitrogens is 1. The Morgan fingerprint density at radius 3 is 2.70 bits per heavy atom. The highest BCUT2D eigenvalue weighted by Crippen LogP contribution is 2.35. The molecular formula is C22H24N2O3. The molecule has 2 aromatic rings. The fourth-order valence-corrected chi connectivity index (χ4v) is 3.56. The smallest absolute Gasteiger partial charge is 0.310 e. The molecule has 1 aliphatic rings. The van der Waals surface area contributed by atoms with E-state index in [0.29, 0.717) is 5.88 Å². The molecule has 0 bridgehead atoms. The SMILES string of the molecule is COc1cc(-c2ccc3c(c2CC(=O)OC(C)(C)C)CCC3)cc(C#N)n1. The first-order valence-electron chi connectivity index (χ1n) is 9.13. The maximum Gasteiger partial charge on any atom is 0.310 e. The van der Waals surface area contributed by atoms with Gasteiger partial charge >= 0.3 is 5.97 Å². The van der Waals surface area contributed by atoms with Crippen molar-refractivity contribution in [1.82, 2.24) is 4.98 Å². The van der Waals surface area contributed by atoms with E-state index in [2.05, 4.69) is 17.1 Å². The molecule has 0 radical (unpaired) electrons. The summed E-state index contributed by atoms with van der Waals surface area (Å²) in [5.41, 5.74) is 5.02. The summed E-state index contributed by atoms with van der Waals surface area (Å²) in [5.74, 6) is 0.137. The number of carbonyl (C=O) groups is 1. The monoisotopic (exact) mass is 364 g/mol. The molecule has 5 nitrogen and oxygen atoms in total. The van der Waals surface area contributed by atoms with Crippen LogP contribution in [0.4, 0.5) is 0 Å². The van der Waals surface area contributed by atoms with Gasteiger partial charge in [0, 0.05) is 6.07 Å². The van der Waals surface area contributed by atoms with Crippen molar-refractivity contribution in [1.29, 1.82) is 5.26 Å². The molecule has 140 valence electrons. The topological polar surface area (TPSA) is 72.2 Å². The summed E-state index contributed by atoms with van der Waals surface area (Å²) in [5, 5.41) is 9.28. The molecule has 0 fully saturated rings. The van der Waals surface area contributed by atoms with E-state index in [1.54, 1.807) is 12.1 Å². The highest BCUT2D eigenvalue weighted by Gasteiger charge is 2.24. The van der Waals surface area contributed by atoms with Gasteiger partial charge in [-0.15, -0.1) is 0 Å². The van der Waals surface area contributed by atoms with Gasteiger partial charge in [-0.3, -0.25) is 4.79 Å². The summed E-state index contributed by atoms with van der Waals surface area (Å²) in [6.07, 6.45) is 3.28. The van der Waals surface area contributed by atoms with Crippen molar-refractivity contribution < 1.29 is 14.3 Å². The van der Waals surface area contributed by atoms with Crippen molar-refractivity contribution in [3.63, 3.8) is 0 Å². The quantitative estimate of drug-likeness (QED) is 0.767. The van der Waals surface area contributed by atoms with Crippen LogP contribution >= 0.6 is 0 Å². The Morgan fingerprint density at radius 1 is 1.26 bits per heavy atom. The van der Waals surface area contributed by atoms with E-state index < -0.39 is 5.60 Å². The molecule has 27 heavy (non-hydrogen) atoms. The second kappa shape index (κ2) is 7.40. The van der Waals surface area contributed by atoms with E-state index in [1.807, 2.05) is 26.8 Å². The minimum atomic E-state index is -0.525. The Labute approximate surface area is 159 Å². The van der Waals surface area contributed by atoms with E-state index in [0.717, 1.165) is 36.0 Å². The number of pyridine rings is 1. The maximum atomic E-state index is 12.5. The molecule has 0 spiro atoms. The van der Waals surface area contributed by atoms with Crippen LogP contribution in [0.5, 0.6) is 5.88 Å². The molecule has 0 unspecified atom stereocenters. The van der Waals surface area contributed by atoms with Crippen LogP contribution in [0, 0.1) is 11.3 Å². The molecule has 0 saturated carbocycles. The molecule has 0 aliphatic heterocycles. The minimum Gasteiger partial charge on any atom is -0.481 e. The first kappa shape index (κ1) is 18.9. The molecule has 3 rings (SSSR count). The van der Waals surface area contributed by atoms with Crippen molar-refractivity contribution >= 4 is 5.97 Å². The van der Waals surface area contributed by atoms with Gasteiger partial charge in [0.15, 0.2) is 0 Å². The van der Waals surface area contributed by atoms with Gasteiger partial charge in [0.2, 0.25) is 5.88 Å². The largest absolute Gasteiger partial charge is 0.481 e. The number of methoxy groups -OCH3 is 1. The molecule has 0 saturated heterocycles. The number of nitriles is 1. The fourth-order valence-electron chi connectivity index (χ4n) is 3.56. The van der Waals surface area contributed by atoms with Crippen LogP contribution in [0.3, 0.4) is 0 Å². The second-order valence-electron chi connectivity index (χ2n) is 7.74. The van der Waals surface area contributed by atoms with E-state index in [4.69, 9.17) is 9.47 Å². The number of esters is 1. The van der Waals surface area contributed by atoms with Crippen molar-refractivity contribution in [2.45, 2.75) is 52.1 Å². The molecular weight excluding hydrogens is 340 g/mol. The van der Waals surface area contributed by atoms with Crippen LogP contribution in [0.15, 0.2) is 24.3 Å². The zero-order valence-electron chi connectivity index (χ0n) is 16.3. The van der Waals surface area contributed by atoms with Crippen LogP contribution in [-0.2, 0) is 28.8 Å². The zero-order valence-corrected chi connectivity index (χ0v) is 16.3. The van der Waals surface area contributed by atoms with Gasteiger partial charge < -0.3 is 9.47 Å². The molecule has 0 amide bonds. The Bertz CT molecular complexity index is 920. The number of carbonyl (C=O) groups excluding carboxylic acids is 1. The van der Waals surface area contributed by atoms with Gasteiger partial charge in [0.05, 0.1) is 13.5 Å². The first-order valence-corrected chi connectivity index (χ1v) is 9.13. The number of benzene rings is 1. The Hall–Kier alpha value is -2.87. The lowest BCUT2D eigenvalue weighted by atomic mass is 9.91. The third kappa shape index (κ3) is 4.28. The number of hydrogen-bond donors (Lipinski definition) is 0. The summed E-state index contributed by atoms with van der Waals surface area (Å²) in [7, 11) is 1.53. The number of ether oxygens (including phenoxy) is 2. The third-order valence-corrected chi connectivity index (χ3v) is 4.58. The Balaban J connectivity index is 2.09.